The number of para-hydroxylation sites is 1. The standard InChI is InChI=1S/C12H16BrN/c1-12(2)7-6-9-4-3-5-10(13)11(9)14-8-12/h3-5,14H,6-8H2,1-2H3. The zero-order valence-electron chi connectivity index (χ0n) is 8.73. The van der Waals surface area contributed by atoms with Gasteiger partial charge in [0.15, 0.2) is 0 Å². The summed E-state index contributed by atoms with van der Waals surface area (Å²) in [6.07, 6.45) is 2.43. The van der Waals surface area contributed by atoms with E-state index in [2.05, 4.69) is 53.3 Å². The minimum atomic E-state index is 0.401. The molecule has 1 aliphatic heterocycles. The van der Waals surface area contributed by atoms with Crippen molar-refractivity contribution in [3.05, 3.63) is 28.2 Å². The van der Waals surface area contributed by atoms with Crippen LogP contribution in [0.3, 0.4) is 0 Å². The van der Waals surface area contributed by atoms with E-state index >= 15 is 0 Å². The predicted octanol–water partition coefficient (Wildman–Crippen LogP) is 3.83. The van der Waals surface area contributed by atoms with Crippen LogP contribution in [0, 0.1) is 5.41 Å². The SMILES string of the molecule is CC1(C)CCc2cccc(Br)c2NC1. The minimum Gasteiger partial charge on any atom is -0.383 e. The molecule has 0 saturated heterocycles. The zero-order chi connectivity index (χ0) is 10.2. The normalized spacial score (nSPS) is 19.4. The van der Waals surface area contributed by atoms with E-state index in [1.807, 2.05) is 0 Å². The van der Waals surface area contributed by atoms with Crippen molar-refractivity contribution in [2.75, 3.05) is 11.9 Å². The van der Waals surface area contributed by atoms with Gasteiger partial charge in [-0.1, -0.05) is 26.0 Å². The Labute approximate surface area is 94.0 Å². The number of fused-ring (bicyclic) bond motifs is 1. The van der Waals surface area contributed by atoms with Crippen molar-refractivity contribution in [1.82, 2.24) is 0 Å². The molecule has 1 heterocycles. The van der Waals surface area contributed by atoms with Crippen molar-refractivity contribution in [2.45, 2.75) is 26.7 Å². The third-order valence-electron chi connectivity index (χ3n) is 2.91. The average molecular weight is 254 g/mol. The van der Waals surface area contributed by atoms with Gasteiger partial charge in [0.1, 0.15) is 0 Å². The lowest BCUT2D eigenvalue weighted by atomic mass is 9.88. The molecule has 1 aromatic rings. The van der Waals surface area contributed by atoms with Crippen molar-refractivity contribution in [3.63, 3.8) is 0 Å². The molecule has 0 amide bonds. The highest BCUT2D eigenvalue weighted by atomic mass is 79.9. The summed E-state index contributed by atoms with van der Waals surface area (Å²) >= 11 is 3.59. The summed E-state index contributed by atoms with van der Waals surface area (Å²) in [5.41, 5.74) is 3.13. The molecular formula is C12H16BrN. The average Bonchev–Trinajstić information content (AvgIpc) is 2.27. The zero-order valence-corrected chi connectivity index (χ0v) is 10.3. The summed E-state index contributed by atoms with van der Waals surface area (Å²) in [4.78, 5) is 0. The molecule has 0 aromatic heterocycles. The van der Waals surface area contributed by atoms with Gasteiger partial charge in [-0.15, -0.1) is 0 Å². The van der Waals surface area contributed by atoms with Gasteiger partial charge in [0, 0.05) is 11.0 Å². The molecule has 0 aliphatic carbocycles. The number of hydrogen-bond donors (Lipinski definition) is 1. The second kappa shape index (κ2) is 3.58. The summed E-state index contributed by atoms with van der Waals surface area (Å²) in [5, 5.41) is 3.54. The first-order chi connectivity index (χ1) is 6.58. The lowest BCUT2D eigenvalue weighted by Crippen LogP contribution is -2.21. The van der Waals surface area contributed by atoms with Crippen LogP contribution in [0.5, 0.6) is 0 Å². The molecule has 0 atom stereocenters. The summed E-state index contributed by atoms with van der Waals surface area (Å²) in [6, 6.07) is 6.43. The summed E-state index contributed by atoms with van der Waals surface area (Å²) < 4.78 is 1.19. The molecule has 2 heteroatoms. The monoisotopic (exact) mass is 253 g/mol. The van der Waals surface area contributed by atoms with Crippen LogP contribution in [0.15, 0.2) is 22.7 Å². The molecule has 0 radical (unpaired) electrons. The molecule has 1 aliphatic rings. The van der Waals surface area contributed by atoms with Crippen LogP contribution in [0.4, 0.5) is 5.69 Å². The van der Waals surface area contributed by atoms with Gasteiger partial charge in [0.25, 0.3) is 0 Å². The van der Waals surface area contributed by atoms with E-state index in [0.717, 1.165) is 6.54 Å². The van der Waals surface area contributed by atoms with Crippen LogP contribution in [0.2, 0.25) is 0 Å². The first-order valence-corrected chi connectivity index (χ1v) is 5.89. The third-order valence-corrected chi connectivity index (χ3v) is 3.58. The van der Waals surface area contributed by atoms with Gasteiger partial charge in [-0.25, -0.2) is 0 Å². The van der Waals surface area contributed by atoms with Crippen molar-refractivity contribution < 1.29 is 0 Å². The molecule has 14 heavy (non-hydrogen) atoms. The highest BCUT2D eigenvalue weighted by Gasteiger charge is 2.22. The van der Waals surface area contributed by atoms with Crippen LogP contribution in [0.25, 0.3) is 0 Å². The lowest BCUT2D eigenvalue weighted by molar-refractivity contribution is 0.365. The van der Waals surface area contributed by atoms with Gasteiger partial charge in [0.05, 0.1) is 5.69 Å². The Morgan fingerprint density at radius 2 is 2.14 bits per heavy atom. The number of anilines is 1. The van der Waals surface area contributed by atoms with Crippen LogP contribution >= 0.6 is 15.9 Å². The number of benzene rings is 1. The summed E-state index contributed by atoms with van der Waals surface area (Å²) in [6.45, 7) is 5.70. The van der Waals surface area contributed by atoms with Gasteiger partial charge in [-0.2, -0.15) is 0 Å². The van der Waals surface area contributed by atoms with Crippen molar-refractivity contribution in [3.8, 4) is 0 Å². The Balaban J connectivity index is 2.34. The molecule has 0 bridgehead atoms. The quantitative estimate of drug-likeness (QED) is 0.741. The maximum atomic E-state index is 3.59. The van der Waals surface area contributed by atoms with Gasteiger partial charge in [0.2, 0.25) is 0 Å². The number of nitrogens with one attached hydrogen (secondary N) is 1. The number of halogens is 1. The molecule has 0 saturated carbocycles. The molecule has 0 fully saturated rings. The van der Waals surface area contributed by atoms with Gasteiger partial charge in [-0.05, 0) is 45.8 Å². The van der Waals surface area contributed by atoms with Gasteiger partial charge < -0.3 is 5.32 Å². The number of hydrogen-bond acceptors (Lipinski definition) is 1. The van der Waals surface area contributed by atoms with Crippen LogP contribution < -0.4 is 5.32 Å². The topological polar surface area (TPSA) is 12.0 Å². The summed E-state index contributed by atoms with van der Waals surface area (Å²) in [5.74, 6) is 0. The highest BCUT2D eigenvalue weighted by molar-refractivity contribution is 9.10. The summed E-state index contributed by atoms with van der Waals surface area (Å²) in [7, 11) is 0. The Hall–Kier alpha value is -0.500. The van der Waals surface area contributed by atoms with E-state index in [1.165, 1.54) is 28.6 Å². The van der Waals surface area contributed by atoms with E-state index in [4.69, 9.17) is 0 Å². The fraction of sp³-hybridized carbons (Fsp3) is 0.500. The highest BCUT2D eigenvalue weighted by Crippen LogP contribution is 2.34. The minimum absolute atomic E-state index is 0.401. The van der Waals surface area contributed by atoms with Crippen LogP contribution in [-0.2, 0) is 6.42 Å². The van der Waals surface area contributed by atoms with E-state index < -0.39 is 0 Å². The predicted molar refractivity (Wildman–Crippen MR) is 64.7 cm³/mol. The molecule has 1 N–H and O–H groups in total. The molecule has 76 valence electrons. The Bertz CT molecular complexity index is 344. The maximum Gasteiger partial charge on any atom is 0.0517 e. The smallest absolute Gasteiger partial charge is 0.0517 e. The van der Waals surface area contributed by atoms with Gasteiger partial charge >= 0.3 is 0 Å². The lowest BCUT2D eigenvalue weighted by Gasteiger charge is -2.21. The van der Waals surface area contributed by atoms with Crippen LogP contribution in [0.1, 0.15) is 25.8 Å². The van der Waals surface area contributed by atoms with E-state index in [-0.39, 0.29) is 0 Å². The van der Waals surface area contributed by atoms with Crippen molar-refractivity contribution in [2.24, 2.45) is 5.41 Å². The second-order valence-corrected chi connectivity index (χ2v) is 5.65. The first-order valence-electron chi connectivity index (χ1n) is 5.10. The molecule has 2 rings (SSSR count). The fourth-order valence-electron chi connectivity index (χ4n) is 1.86. The van der Waals surface area contributed by atoms with Crippen LogP contribution in [-0.4, -0.2) is 6.54 Å². The van der Waals surface area contributed by atoms with E-state index in [1.54, 1.807) is 0 Å². The first kappa shape index (κ1) is 10.0. The van der Waals surface area contributed by atoms with Crippen molar-refractivity contribution in [1.29, 1.82) is 0 Å². The Kier molecular flexibility index (Phi) is 2.56. The molecule has 1 aromatic carbocycles. The number of aryl methyl sites for hydroxylation is 1. The molecule has 0 spiro atoms. The largest absolute Gasteiger partial charge is 0.383 e. The van der Waals surface area contributed by atoms with Crippen molar-refractivity contribution >= 4 is 21.6 Å². The molecule has 0 unspecified atom stereocenters. The second-order valence-electron chi connectivity index (χ2n) is 4.79. The molecular weight excluding hydrogens is 238 g/mol. The third kappa shape index (κ3) is 1.95. The van der Waals surface area contributed by atoms with E-state index in [9.17, 15) is 0 Å². The Morgan fingerprint density at radius 1 is 1.36 bits per heavy atom. The Morgan fingerprint density at radius 3 is 2.93 bits per heavy atom. The molecule has 1 nitrogen and oxygen atoms in total. The van der Waals surface area contributed by atoms with Gasteiger partial charge in [-0.3, -0.25) is 0 Å². The maximum absolute atomic E-state index is 3.59. The van der Waals surface area contributed by atoms with E-state index in [0.29, 0.717) is 5.41 Å². The number of rotatable bonds is 0. The fourth-order valence-corrected chi connectivity index (χ4v) is 2.41.